The highest BCUT2D eigenvalue weighted by molar-refractivity contribution is 7.16. The van der Waals surface area contributed by atoms with Crippen LogP contribution in [0.1, 0.15) is 12.5 Å². The van der Waals surface area contributed by atoms with Crippen LogP contribution in [-0.2, 0) is 16.1 Å². The second-order valence-electron chi connectivity index (χ2n) is 5.84. The van der Waals surface area contributed by atoms with Crippen molar-refractivity contribution in [3.63, 3.8) is 0 Å². The van der Waals surface area contributed by atoms with E-state index in [2.05, 4.69) is 16.2 Å². The Hall–Kier alpha value is -3.14. The number of carbonyl (C=O) groups is 2. The van der Waals surface area contributed by atoms with Gasteiger partial charge in [0.25, 0.3) is 5.91 Å². The minimum Gasteiger partial charge on any atom is -0.326 e. The van der Waals surface area contributed by atoms with Crippen LogP contribution in [0.15, 0.2) is 53.5 Å². The first kappa shape index (κ1) is 19.6. The van der Waals surface area contributed by atoms with Crippen LogP contribution in [0.3, 0.4) is 0 Å². The van der Waals surface area contributed by atoms with Crippen LogP contribution in [0.2, 0.25) is 5.02 Å². The molecule has 0 aliphatic heterocycles. The molecule has 0 bridgehead atoms. The predicted molar refractivity (Wildman–Crippen MR) is 114 cm³/mol. The molecule has 1 aromatic heterocycles. The van der Waals surface area contributed by atoms with Crippen molar-refractivity contribution >= 4 is 56.7 Å². The molecular formula is C21H16ClN3O2S. The van der Waals surface area contributed by atoms with Gasteiger partial charge >= 0.3 is 0 Å². The third-order valence-electron chi connectivity index (χ3n) is 3.77. The maximum Gasteiger partial charge on any atom is 0.272 e. The molecule has 0 atom stereocenters. The first-order valence-corrected chi connectivity index (χ1v) is 9.53. The zero-order valence-corrected chi connectivity index (χ0v) is 16.6. The van der Waals surface area contributed by atoms with E-state index >= 15 is 0 Å². The van der Waals surface area contributed by atoms with Gasteiger partial charge < -0.3 is 9.88 Å². The molecule has 3 aromatic rings. The van der Waals surface area contributed by atoms with Crippen molar-refractivity contribution < 1.29 is 9.59 Å². The second-order valence-corrected chi connectivity index (χ2v) is 7.26. The molecule has 7 heteroatoms. The van der Waals surface area contributed by atoms with Gasteiger partial charge in [-0.1, -0.05) is 47.1 Å². The predicted octanol–water partition coefficient (Wildman–Crippen LogP) is 4.09. The minimum atomic E-state index is -0.417. The fraction of sp³-hybridized carbons (Fsp3) is 0.0952. The average molecular weight is 410 g/mol. The summed E-state index contributed by atoms with van der Waals surface area (Å²) in [5.74, 6) is 2.01. The number of rotatable bonds is 4. The molecule has 3 rings (SSSR count). The number of fused-ring (bicyclic) bond motifs is 1. The number of hydrogen-bond donors (Lipinski definition) is 1. The van der Waals surface area contributed by atoms with Gasteiger partial charge in [-0.25, -0.2) is 0 Å². The van der Waals surface area contributed by atoms with Crippen molar-refractivity contribution in [3.8, 4) is 12.3 Å². The van der Waals surface area contributed by atoms with Gasteiger partial charge in [0.05, 0.1) is 16.8 Å². The van der Waals surface area contributed by atoms with Gasteiger partial charge in [0, 0.05) is 23.7 Å². The topological polar surface area (TPSA) is 63.5 Å². The lowest BCUT2D eigenvalue weighted by Crippen LogP contribution is -2.15. The summed E-state index contributed by atoms with van der Waals surface area (Å²) in [5, 5.41) is 3.30. The van der Waals surface area contributed by atoms with Crippen LogP contribution in [0.25, 0.3) is 16.3 Å². The van der Waals surface area contributed by atoms with E-state index in [1.807, 2.05) is 30.3 Å². The number of thiazole rings is 1. The number of terminal acetylenes is 1. The van der Waals surface area contributed by atoms with Gasteiger partial charge in [-0.15, -0.1) is 6.42 Å². The van der Waals surface area contributed by atoms with Crippen LogP contribution in [0.5, 0.6) is 0 Å². The normalized spacial score (nSPS) is 11.7. The number of anilines is 1. The molecule has 5 nitrogen and oxygen atoms in total. The number of benzene rings is 2. The van der Waals surface area contributed by atoms with E-state index in [0.717, 1.165) is 15.8 Å². The number of aromatic nitrogens is 1. The maximum absolute atomic E-state index is 12.3. The molecule has 1 N–H and O–H groups in total. The fourth-order valence-electron chi connectivity index (χ4n) is 2.59. The molecule has 2 amide bonds. The SMILES string of the molecule is C#CCn1c(=NC(=O)/C=C/c2ccccc2Cl)sc2cc(NC(C)=O)ccc21. The lowest BCUT2D eigenvalue weighted by atomic mass is 10.2. The van der Waals surface area contributed by atoms with Crippen LogP contribution in [0.4, 0.5) is 5.69 Å². The lowest BCUT2D eigenvalue weighted by Gasteiger charge is -2.03. The third-order valence-corrected chi connectivity index (χ3v) is 5.15. The van der Waals surface area contributed by atoms with E-state index in [1.54, 1.807) is 22.8 Å². The van der Waals surface area contributed by atoms with Gasteiger partial charge in [0.15, 0.2) is 4.80 Å². The molecule has 0 saturated carbocycles. The highest BCUT2D eigenvalue weighted by Gasteiger charge is 2.08. The molecule has 0 unspecified atom stereocenters. The fourth-order valence-corrected chi connectivity index (χ4v) is 3.86. The quantitative estimate of drug-likeness (QED) is 0.521. The molecule has 0 fully saturated rings. The molecule has 0 aliphatic carbocycles. The van der Waals surface area contributed by atoms with Crippen molar-refractivity contribution in [2.75, 3.05) is 5.32 Å². The molecule has 0 spiro atoms. The maximum atomic E-state index is 12.3. The Morgan fingerprint density at radius 3 is 2.82 bits per heavy atom. The monoisotopic (exact) mass is 409 g/mol. The lowest BCUT2D eigenvalue weighted by molar-refractivity contribution is -0.114. The third kappa shape index (κ3) is 4.58. The summed E-state index contributed by atoms with van der Waals surface area (Å²) in [6.07, 6.45) is 8.48. The van der Waals surface area contributed by atoms with Crippen molar-refractivity contribution in [1.29, 1.82) is 0 Å². The van der Waals surface area contributed by atoms with Gasteiger partial charge in [-0.2, -0.15) is 4.99 Å². The summed E-state index contributed by atoms with van der Waals surface area (Å²) in [5.41, 5.74) is 2.25. The summed E-state index contributed by atoms with van der Waals surface area (Å²) in [6, 6.07) is 12.7. The molecular weight excluding hydrogens is 394 g/mol. The Morgan fingerprint density at radius 2 is 2.11 bits per heavy atom. The highest BCUT2D eigenvalue weighted by Crippen LogP contribution is 2.22. The van der Waals surface area contributed by atoms with E-state index < -0.39 is 5.91 Å². The van der Waals surface area contributed by atoms with E-state index in [4.69, 9.17) is 18.0 Å². The second kappa shape index (κ2) is 8.70. The molecule has 0 radical (unpaired) electrons. The average Bonchev–Trinajstić information content (AvgIpc) is 2.97. The van der Waals surface area contributed by atoms with E-state index in [-0.39, 0.29) is 12.5 Å². The zero-order valence-electron chi connectivity index (χ0n) is 15.0. The number of hydrogen-bond acceptors (Lipinski definition) is 3. The summed E-state index contributed by atoms with van der Waals surface area (Å²) in [4.78, 5) is 28.3. The first-order chi connectivity index (χ1) is 13.5. The van der Waals surface area contributed by atoms with E-state index in [0.29, 0.717) is 15.5 Å². The molecule has 1 heterocycles. The van der Waals surface area contributed by atoms with E-state index in [9.17, 15) is 9.59 Å². The number of nitrogens with zero attached hydrogens (tertiary/aromatic N) is 2. The first-order valence-electron chi connectivity index (χ1n) is 8.33. The molecule has 140 valence electrons. The molecule has 0 saturated heterocycles. The molecule has 2 aromatic carbocycles. The van der Waals surface area contributed by atoms with Crippen LogP contribution < -0.4 is 10.1 Å². The Kier molecular flexibility index (Phi) is 6.09. The van der Waals surface area contributed by atoms with Crippen molar-refractivity contribution in [2.45, 2.75) is 13.5 Å². The van der Waals surface area contributed by atoms with Crippen molar-refractivity contribution in [1.82, 2.24) is 4.57 Å². The smallest absolute Gasteiger partial charge is 0.272 e. The van der Waals surface area contributed by atoms with Crippen LogP contribution in [0, 0.1) is 12.3 Å². The Morgan fingerprint density at radius 1 is 1.32 bits per heavy atom. The van der Waals surface area contributed by atoms with Crippen molar-refractivity contribution in [3.05, 3.63) is 63.9 Å². The van der Waals surface area contributed by atoms with Crippen LogP contribution in [-0.4, -0.2) is 16.4 Å². The number of nitrogens with one attached hydrogen (secondary N) is 1. The van der Waals surface area contributed by atoms with E-state index in [1.165, 1.54) is 24.3 Å². The standard InChI is InChI=1S/C21H16ClN3O2S/c1-3-12-25-18-10-9-16(23-14(2)26)13-19(18)28-21(25)24-20(27)11-8-15-6-4-5-7-17(15)22/h1,4-11,13H,12H2,2H3,(H,23,26)/b11-8+,24-21?. The summed E-state index contributed by atoms with van der Waals surface area (Å²) >= 11 is 7.42. The summed E-state index contributed by atoms with van der Waals surface area (Å²) < 4.78 is 2.65. The summed E-state index contributed by atoms with van der Waals surface area (Å²) in [6.45, 7) is 1.72. The molecule has 28 heavy (non-hydrogen) atoms. The minimum absolute atomic E-state index is 0.155. The summed E-state index contributed by atoms with van der Waals surface area (Å²) in [7, 11) is 0. The Bertz CT molecular complexity index is 1200. The van der Waals surface area contributed by atoms with Gasteiger partial charge in [0.1, 0.15) is 0 Å². The van der Waals surface area contributed by atoms with Crippen molar-refractivity contribution in [2.24, 2.45) is 4.99 Å². The number of carbonyl (C=O) groups excluding carboxylic acids is 2. The highest BCUT2D eigenvalue weighted by atomic mass is 35.5. The number of halogens is 1. The van der Waals surface area contributed by atoms with Gasteiger partial charge in [-0.3, -0.25) is 9.59 Å². The van der Waals surface area contributed by atoms with Crippen LogP contribution >= 0.6 is 22.9 Å². The Balaban J connectivity index is 1.99. The number of amides is 2. The molecule has 0 aliphatic rings. The Labute approximate surface area is 171 Å². The zero-order chi connectivity index (χ0) is 20.1. The van der Waals surface area contributed by atoms with Gasteiger partial charge in [-0.05, 0) is 35.9 Å². The largest absolute Gasteiger partial charge is 0.326 e. The van der Waals surface area contributed by atoms with Gasteiger partial charge in [0.2, 0.25) is 5.91 Å².